The Morgan fingerprint density at radius 2 is 1.93 bits per heavy atom. The number of alkyl halides is 2. The number of benzene rings is 1. The van der Waals surface area contributed by atoms with Crippen molar-refractivity contribution in [2.45, 2.75) is 63.9 Å². The largest absolute Gasteiger partial charge is 0.435 e. The first-order valence-electron chi connectivity index (χ1n) is 9.75. The molecule has 1 aromatic carbocycles. The molecule has 3 fully saturated rings. The van der Waals surface area contributed by atoms with Gasteiger partial charge in [0, 0.05) is 0 Å². The number of rotatable bonds is 7. The Bertz CT molecular complexity index is 748. The predicted octanol–water partition coefficient (Wildman–Crippen LogP) is 2.46. The van der Waals surface area contributed by atoms with Crippen LogP contribution in [-0.4, -0.2) is 30.6 Å². The lowest BCUT2D eigenvalue weighted by atomic mass is 9.91. The molecule has 2 unspecified atom stereocenters. The molecule has 6 nitrogen and oxygen atoms in total. The molecule has 28 heavy (non-hydrogen) atoms. The summed E-state index contributed by atoms with van der Waals surface area (Å²) in [4.78, 5) is 24.9. The first kappa shape index (κ1) is 19.1. The first-order valence-corrected chi connectivity index (χ1v) is 9.75. The molecule has 0 spiro atoms. The molecule has 4 rings (SSSR count). The zero-order chi connectivity index (χ0) is 19.9. The number of carbonyl (C=O) groups excluding carboxylic acids is 2. The van der Waals surface area contributed by atoms with Gasteiger partial charge in [-0.25, -0.2) is 0 Å². The second kappa shape index (κ2) is 7.31. The molecule has 0 radical (unpaired) electrons. The van der Waals surface area contributed by atoms with E-state index in [1.165, 1.54) is 12.1 Å². The van der Waals surface area contributed by atoms with E-state index in [0.29, 0.717) is 5.92 Å². The molecule has 1 heterocycles. The molecule has 3 aliphatic rings. The fourth-order valence-electron chi connectivity index (χ4n) is 3.82. The summed E-state index contributed by atoms with van der Waals surface area (Å²) in [6, 6.07) is 5.59. The molecule has 0 aromatic heterocycles. The van der Waals surface area contributed by atoms with Crippen molar-refractivity contribution in [3.05, 3.63) is 29.8 Å². The summed E-state index contributed by atoms with van der Waals surface area (Å²) >= 11 is 0. The van der Waals surface area contributed by atoms with Crippen LogP contribution in [0.2, 0.25) is 0 Å². The Labute approximate surface area is 162 Å². The number of hydrogen-bond acceptors (Lipinski definition) is 4. The topological polar surface area (TPSA) is 79.5 Å². The number of halogens is 2. The average Bonchev–Trinajstić information content (AvgIpc) is 3.56. The van der Waals surface area contributed by atoms with Crippen LogP contribution in [0.5, 0.6) is 5.75 Å². The minimum absolute atomic E-state index is 0.0758. The zero-order valence-electron chi connectivity index (χ0n) is 15.7. The highest BCUT2D eigenvalue weighted by Crippen LogP contribution is 2.54. The summed E-state index contributed by atoms with van der Waals surface area (Å²) in [5, 5.41) is 9.26. The van der Waals surface area contributed by atoms with Crippen LogP contribution in [0.3, 0.4) is 0 Å². The highest BCUT2D eigenvalue weighted by Gasteiger charge is 2.47. The molecule has 8 heteroatoms. The van der Waals surface area contributed by atoms with E-state index in [2.05, 4.69) is 27.6 Å². The average molecular weight is 393 g/mol. The second-order valence-electron chi connectivity index (χ2n) is 8.35. The summed E-state index contributed by atoms with van der Waals surface area (Å²) in [5.41, 5.74) is 0.766. The SMILES string of the molecule is CC1([C@@H](NC(=O)C2CC(=O)NC(C3CC3)N2)c2ccc(OC(F)F)cc2)CC1. The second-order valence-corrected chi connectivity index (χ2v) is 8.35. The molecular weight excluding hydrogens is 368 g/mol. The molecule has 2 aliphatic carbocycles. The van der Waals surface area contributed by atoms with Crippen molar-refractivity contribution < 1.29 is 23.1 Å². The minimum Gasteiger partial charge on any atom is -0.435 e. The number of amides is 2. The van der Waals surface area contributed by atoms with Crippen molar-refractivity contribution >= 4 is 11.8 Å². The van der Waals surface area contributed by atoms with Crippen molar-refractivity contribution in [1.82, 2.24) is 16.0 Å². The Kier molecular flexibility index (Phi) is 4.99. The van der Waals surface area contributed by atoms with E-state index in [-0.39, 0.29) is 41.6 Å². The molecule has 3 N–H and O–H groups in total. The monoisotopic (exact) mass is 393 g/mol. The van der Waals surface area contributed by atoms with Crippen LogP contribution in [0.4, 0.5) is 8.78 Å². The quantitative estimate of drug-likeness (QED) is 0.665. The molecule has 2 saturated carbocycles. The molecule has 3 atom stereocenters. The molecule has 1 aliphatic heterocycles. The highest BCUT2D eigenvalue weighted by atomic mass is 19.3. The smallest absolute Gasteiger partial charge is 0.387 e. The standard InChI is InChI=1S/C20H25F2N3O3/c1-20(8-9-20)16(11-4-6-13(7-5-11)28-19(21)22)25-18(27)14-10-15(26)24-17(23-14)12-2-3-12/h4-7,12,14,16-17,19,23H,2-3,8-10H2,1H3,(H,24,26)(H,25,27)/t14?,16-,17?/m0/s1. The van der Waals surface area contributed by atoms with Gasteiger partial charge in [0.1, 0.15) is 5.75 Å². The summed E-state index contributed by atoms with van der Waals surface area (Å²) in [7, 11) is 0. The van der Waals surface area contributed by atoms with Crippen molar-refractivity contribution in [2.24, 2.45) is 11.3 Å². The summed E-state index contributed by atoms with van der Waals surface area (Å²) in [5.74, 6) is 0.173. The molecular formula is C20H25F2N3O3. The fraction of sp³-hybridized carbons (Fsp3) is 0.600. The summed E-state index contributed by atoms with van der Waals surface area (Å²) in [6.45, 7) is -0.777. The van der Waals surface area contributed by atoms with E-state index in [1.54, 1.807) is 12.1 Å². The van der Waals surface area contributed by atoms with E-state index in [1.807, 2.05) is 0 Å². The van der Waals surface area contributed by atoms with Gasteiger partial charge in [0.05, 0.1) is 24.7 Å². The van der Waals surface area contributed by atoms with Gasteiger partial charge in [-0.05, 0) is 54.7 Å². The van der Waals surface area contributed by atoms with Gasteiger partial charge in [-0.2, -0.15) is 8.78 Å². The van der Waals surface area contributed by atoms with E-state index >= 15 is 0 Å². The van der Waals surface area contributed by atoms with Crippen LogP contribution in [0, 0.1) is 11.3 Å². The van der Waals surface area contributed by atoms with Gasteiger partial charge < -0.3 is 15.4 Å². The van der Waals surface area contributed by atoms with Crippen LogP contribution in [0.1, 0.15) is 50.6 Å². The zero-order valence-corrected chi connectivity index (χ0v) is 15.7. The third kappa shape index (κ3) is 4.27. The Morgan fingerprint density at radius 3 is 2.50 bits per heavy atom. The Morgan fingerprint density at radius 1 is 1.25 bits per heavy atom. The normalized spacial score (nSPS) is 27.1. The number of ether oxygens (including phenoxy) is 1. The van der Waals surface area contributed by atoms with Crippen LogP contribution >= 0.6 is 0 Å². The van der Waals surface area contributed by atoms with Crippen molar-refractivity contribution in [1.29, 1.82) is 0 Å². The number of nitrogens with one attached hydrogen (secondary N) is 3. The van der Waals surface area contributed by atoms with Crippen molar-refractivity contribution in [3.8, 4) is 5.75 Å². The van der Waals surface area contributed by atoms with Gasteiger partial charge in [-0.15, -0.1) is 0 Å². The highest BCUT2D eigenvalue weighted by molar-refractivity contribution is 5.90. The van der Waals surface area contributed by atoms with Gasteiger partial charge in [0.25, 0.3) is 0 Å². The Hall–Kier alpha value is -2.22. The molecule has 0 bridgehead atoms. The third-order valence-electron chi connectivity index (χ3n) is 5.96. The summed E-state index contributed by atoms with van der Waals surface area (Å²) in [6.07, 6.45) is 4.02. The van der Waals surface area contributed by atoms with Crippen molar-refractivity contribution in [2.75, 3.05) is 0 Å². The molecule has 1 aromatic rings. The maximum absolute atomic E-state index is 12.9. The third-order valence-corrected chi connectivity index (χ3v) is 5.96. The van der Waals surface area contributed by atoms with Gasteiger partial charge in [0.15, 0.2) is 0 Å². The lowest BCUT2D eigenvalue weighted by molar-refractivity contribution is -0.132. The fourth-order valence-corrected chi connectivity index (χ4v) is 3.82. The van der Waals surface area contributed by atoms with Gasteiger partial charge in [-0.3, -0.25) is 14.9 Å². The molecule has 152 valence electrons. The maximum atomic E-state index is 12.9. The van der Waals surface area contributed by atoms with Gasteiger partial charge in [-0.1, -0.05) is 19.1 Å². The van der Waals surface area contributed by atoms with Gasteiger partial charge in [0.2, 0.25) is 11.8 Å². The van der Waals surface area contributed by atoms with E-state index in [9.17, 15) is 18.4 Å². The summed E-state index contributed by atoms with van der Waals surface area (Å²) < 4.78 is 29.1. The Balaban J connectivity index is 1.46. The number of carbonyl (C=O) groups is 2. The molecule has 2 amide bonds. The van der Waals surface area contributed by atoms with E-state index < -0.39 is 12.7 Å². The van der Waals surface area contributed by atoms with Crippen molar-refractivity contribution in [3.63, 3.8) is 0 Å². The van der Waals surface area contributed by atoms with E-state index in [4.69, 9.17) is 0 Å². The first-order chi connectivity index (χ1) is 13.3. The maximum Gasteiger partial charge on any atom is 0.387 e. The number of hydrogen-bond donors (Lipinski definition) is 3. The molecule has 1 saturated heterocycles. The van der Waals surface area contributed by atoms with Gasteiger partial charge >= 0.3 is 6.61 Å². The lowest BCUT2D eigenvalue weighted by Gasteiger charge is -2.33. The lowest BCUT2D eigenvalue weighted by Crippen LogP contribution is -2.61. The predicted molar refractivity (Wildman–Crippen MR) is 97.5 cm³/mol. The van der Waals surface area contributed by atoms with Crippen LogP contribution in [0.25, 0.3) is 0 Å². The van der Waals surface area contributed by atoms with Crippen LogP contribution in [0.15, 0.2) is 24.3 Å². The minimum atomic E-state index is -2.87. The van der Waals surface area contributed by atoms with E-state index in [0.717, 1.165) is 31.2 Å². The van der Waals surface area contributed by atoms with Crippen LogP contribution < -0.4 is 20.7 Å². The van der Waals surface area contributed by atoms with Crippen LogP contribution in [-0.2, 0) is 9.59 Å².